The SMILES string of the molecule is C[As](C)CC(N)=O. The summed E-state index contributed by atoms with van der Waals surface area (Å²) < 4.78 is 0. The van der Waals surface area contributed by atoms with Gasteiger partial charge in [-0.25, -0.2) is 0 Å². The first-order valence-corrected chi connectivity index (χ1v) is 7.14. The fourth-order valence-corrected chi connectivity index (χ4v) is 1.62. The molecule has 0 radical (unpaired) electrons. The fourth-order valence-electron chi connectivity index (χ4n) is 0.312. The van der Waals surface area contributed by atoms with Crippen molar-refractivity contribution in [2.45, 2.75) is 16.6 Å². The van der Waals surface area contributed by atoms with Crippen molar-refractivity contribution in [3.05, 3.63) is 0 Å². The van der Waals surface area contributed by atoms with Gasteiger partial charge >= 0.3 is 47.7 Å². The van der Waals surface area contributed by atoms with Crippen LogP contribution in [0.5, 0.6) is 0 Å². The minimum atomic E-state index is -0.758. The van der Waals surface area contributed by atoms with Gasteiger partial charge in [0, 0.05) is 0 Å². The molecule has 0 fully saturated rings. The van der Waals surface area contributed by atoms with E-state index in [-0.39, 0.29) is 5.91 Å². The normalized spacial score (nSPS) is 9.57. The number of carbonyl (C=O) groups is 1. The van der Waals surface area contributed by atoms with Crippen LogP contribution in [0.3, 0.4) is 0 Å². The Kier molecular flexibility index (Phi) is 3.10. The first kappa shape index (κ1) is 7.03. The van der Waals surface area contributed by atoms with Crippen molar-refractivity contribution in [1.29, 1.82) is 0 Å². The molecule has 7 heavy (non-hydrogen) atoms. The topological polar surface area (TPSA) is 43.1 Å². The Hall–Kier alpha value is 0.0284. The van der Waals surface area contributed by atoms with Gasteiger partial charge in [0.2, 0.25) is 0 Å². The minimum absolute atomic E-state index is 0.148. The number of primary amides is 1. The molecule has 0 aromatic rings. The Bertz CT molecular complexity index is 72.1. The molecule has 2 nitrogen and oxygen atoms in total. The van der Waals surface area contributed by atoms with Gasteiger partial charge in [0.1, 0.15) is 0 Å². The van der Waals surface area contributed by atoms with E-state index in [0.29, 0.717) is 5.21 Å². The predicted molar refractivity (Wildman–Crippen MR) is 31.5 cm³/mol. The van der Waals surface area contributed by atoms with Gasteiger partial charge in [0.15, 0.2) is 0 Å². The van der Waals surface area contributed by atoms with E-state index in [1.165, 1.54) is 0 Å². The van der Waals surface area contributed by atoms with Crippen molar-refractivity contribution in [3.63, 3.8) is 0 Å². The summed E-state index contributed by atoms with van der Waals surface area (Å²) in [6.45, 7) is 0. The third-order valence-electron chi connectivity index (χ3n) is 0.472. The Morgan fingerprint density at radius 3 is 2.14 bits per heavy atom. The third kappa shape index (κ3) is 6.03. The van der Waals surface area contributed by atoms with Crippen molar-refractivity contribution < 1.29 is 4.79 Å². The van der Waals surface area contributed by atoms with E-state index < -0.39 is 14.7 Å². The Morgan fingerprint density at radius 1 is 1.71 bits per heavy atom. The van der Waals surface area contributed by atoms with Crippen molar-refractivity contribution in [2.75, 3.05) is 0 Å². The molecular formula is C4H10AsNO. The fraction of sp³-hybridized carbons (Fsp3) is 0.750. The second kappa shape index (κ2) is 3.09. The van der Waals surface area contributed by atoms with Crippen LogP contribution in [0.1, 0.15) is 0 Å². The van der Waals surface area contributed by atoms with Crippen molar-refractivity contribution >= 4 is 20.6 Å². The van der Waals surface area contributed by atoms with Crippen LogP contribution in [0.2, 0.25) is 16.6 Å². The van der Waals surface area contributed by atoms with Crippen LogP contribution < -0.4 is 5.73 Å². The van der Waals surface area contributed by atoms with Gasteiger partial charge in [0.05, 0.1) is 0 Å². The summed E-state index contributed by atoms with van der Waals surface area (Å²) in [6, 6.07) is 0. The van der Waals surface area contributed by atoms with Gasteiger partial charge in [-0.1, -0.05) is 0 Å². The molecular weight excluding hydrogens is 153 g/mol. The molecule has 0 aromatic heterocycles. The first-order valence-electron chi connectivity index (χ1n) is 2.06. The Labute approximate surface area is 48.3 Å². The van der Waals surface area contributed by atoms with Crippen LogP contribution in [-0.2, 0) is 4.79 Å². The second-order valence-corrected chi connectivity index (χ2v) is 6.90. The van der Waals surface area contributed by atoms with Gasteiger partial charge in [-0.15, -0.1) is 0 Å². The van der Waals surface area contributed by atoms with E-state index in [2.05, 4.69) is 11.4 Å². The summed E-state index contributed by atoms with van der Waals surface area (Å²) in [7, 11) is 0. The number of hydrogen-bond donors (Lipinski definition) is 1. The maximum atomic E-state index is 10.1. The zero-order valence-corrected chi connectivity index (χ0v) is 6.52. The molecule has 3 heteroatoms. The van der Waals surface area contributed by atoms with E-state index in [1.54, 1.807) is 0 Å². The zero-order chi connectivity index (χ0) is 5.86. The molecule has 0 aliphatic rings. The average Bonchev–Trinajstić information content (AvgIpc) is 1.27. The molecule has 1 amide bonds. The van der Waals surface area contributed by atoms with Crippen molar-refractivity contribution in [2.24, 2.45) is 5.73 Å². The number of hydrogen-bond acceptors (Lipinski definition) is 1. The van der Waals surface area contributed by atoms with Crippen molar-refractivity contribution in [3.8, 4) is 0 Å². The molecule has 0 spiro atoms. The standard InChI is InChI=1S/C4H10AsNO/c1-5(2)3-4(6)7/h3H2,1-2H3,(H2,6,7). The van der Waals surface area contributed by atoms with Gasteiger partial charge in [-0.3, -0.25) is 0 Å². The molecule has 0 atom stereocenters. The molecule has 0 unspecified atom stereocenters. The van der Waals surface area contributed by atoms with Gasteiger partial charge in [-0.2, -0.15) is 0 Å². The number of nitrogens with two attached hydrogens (primary N) is 1. The quantitative estimate of drug-likeness (QED) is 0.581. The molecule has 2 N–H and O–H groups in total. The van der Waals surface area contributed by atoms with Gasteiger partial charge in [-0.05, 0) is 0 Å². The summed E-state index contributed by atoms with van der Waals surface area (Å²) in [5, 5.41) is 0.646. The van der Waals surface area contributed by atoms with E-state index >= 15 is 0 Å². The van der Waals surface area contributed by atoms with E-state index in [1.807, 2.05) is 0 Å². The maximum absolute atomic E-state index is 10.1. The third-order valence-corrected chi connectivity index (χ3v) is 2.45. The Morgan fingerprint density at radius 2 is 2.14 bits per heavy atom. The monoisotopic (exact) mass is 163 g/mol. The summed E-state index contributed by atoms with van der Waals surface area (Å²) in [5.41, 5.74) is 9.11. The molecule has 42 valence electrons. The number of amides is 1. The summed E-state index contributed by atoms with van der Waals surface area (Å²) in [5.74, 6) is -0.148. The molecule has 0 bridgehead atoms. The van der Waals surface area contributed by atoms with E-state index in [4.69, 9.17) is 5.73 Å². The second-order valence-electron chi connectivity index (χ2n) is 1.70. The van der Waals surface area contributed by atoms with E-state index in [9.17, 15) is 4.79 Å². The Balaban J connectivity index is 3.13. The first-order chi connectivity index (χ1) is 3.13. The van der Waals surface area contributed by atoms with Crippen LogP contribution in [0, 0.1) is 0 Å². The molecule has 0 saturated heterocycles. The molecule has 0 heterocycles. The summed E-state index contributed by atoms with van der Waals surface area (Å²) in [6.07, 6.45) is 0. The molecule has 0 saturated carbocycles. The summed E-state index contributed by atoms with van der Waals surface area (Å²) in [4.78, 5) is 10.1. The summed E-state index contributed by atoms with van der Waals surface area (Å²) >= 11 is -0.758. The van der Waals surface area contributed by atoms with Crippen LogP contribution in [-0.4, -0.2) is 20.6 Å². The van der Waals surface area contributed by atoms with Crippen molar-refractivity contribution in [1.82, 2.24) is 0 Å². The number of carbonyl (C=O) groups excluding carboxylic acids is 1. The van der Waals surface area contributed by atoms with Crippen LogP contribution >= 0.6 is 0 Å². The molecule has 0 aliphatic heterocycles. The zero-order valence-electron chi connectivity index (χ0n) is 4.64. The van der Waals surface area contributed by atoms with Gasteiger partial charge < -0.3 is 0 Å². The van der Waals surface area contributed by atoms with E-state index in [0.717, 1.165) is 0 Å². The molecule has 0 rings (SSSR count). The average molecular weight is 163 g/mol. The van der Waals surface area contributed by atoms with Gasteiger partial charge in [0.25, 0.3) is 0 Å². The molecule has 0 aromatic carbocycles. The van der Waals surface area contributed by atoms with Crippen LogP contribution in [0.15, 0.2) is 0 Å². The molecule has 0 aliphatic carbocycles. The number of rotatable bonds is 2. The van der Waals surface area contributed by atoms with Crippen LogP contribution in [0.4, 0.5) is 0 Å². The van der Waals surface area contributed by atoms with Crippen LogP contribution in [0.25, 0.3) is 0 Å². The predicted octanol–water partition coefficient (Wildman–Crippen LogP) is 0.226.